The molecule has 0 bridgehead atoms. The van der Waals surface area contributed by atoms with Crippen LogP contribution < -0.4 is 10.6 Å². The Bertz CT molecular complexity index is 462. The van der Waals surface area contributed by atoms with E-state index < -0.39 is 0 Å². The van der Waals surface area contributed by atoms with Gasteiger partial charge < -0.3 is 10.6 Å². The minimum Gasteiger partial charge on any atom is -0.316 e. The van der Waals surface area contributed by atoms with Crippen LogP contribution in [0.2, 0.25) is 0 Å². The number of hydrogen-bond acceptors (Lipinski definition) is 2. The lowest BCUT2D eigenvalue weighted by atomic mass is 9.54. The molecule has 152 valence electrons. The third-order valence-corrected chi connectivity index (χ3v) is 8.02. The molecule has 2 heterocycles. The van der Waals surface area contributed by atoms with Crippen LogP contribution in [0.4, 0.5) is 0 Å². The number of nitrogens with one attached hydrogen (secondary N) is 2. The molecule has 2 heteroatoms. The zero-order chi connectivity index (χ0) is 19.4. The van der Waals surface area contributed by atoms with E-state index in [-0.39, 0.29) is 0 Å². The Morgan fingerprint density at radius 1 is 0.577 bits per heavy atom. The van der Waals surface area contributed by atoms with Crippen molar-refractivity contribution in [3.8, 4) is 0 Å². The van der Waals surface area contributed by atoms with Crippen molar-refractivity contribution in [1.29, 1.82) is 0 Å². The van der Waals surface area contributed by atoms with E-state index in [1.54, 1.807) is 0 Å². The number of hydrogen-bond donors (Lipinski definition) is 2. The third-order valence-electron chi connectivity index (χ3n) is 8.02. The smallest absolute Gasteiger partial charge is 0.0132 e. The highest BCUT2D eigenvalue weighted by Gasteiger charge is 2.49. The van der Waals surface area contributed by atoms with Gasteiger partial charge in [0.25, 0.3) is 0 Å². The fraction of sp³-hybridized carbons (Fsp3) is 1.00. The maximum atomic E-state index is 3.88. The van der Waals surface area contributed by atoms with Gasteiger partial charge >= 0.3 is 0 Å². The second kappa shape index (κ2) is 6.76. The van der Waals surface area contributed by atoms with Crippen LogP contribution in [0.3, 0.4) is 0 Å². The second-order valence-corrected chi connectivity index (χ2v) is 12.8. The van der Waals surface area contributed by atoms with Gasteiger partial charge in [0, 0.05) is 24.2 Å². The standard InChI is InChI=1S/C24H46N2/c1-21(2)15-25-16-22(3,4)20(21)18-11-9-17(10-12-18)19-13-23(5,6)26-24(7,8)14-19/h17-20,25-26H,9-16H2,1-8H3. The highest BCUT2D eigenvalue weighted by molar-refractivity contribution is 5.02. The van der Waals surface area contributed by atoms with Crippen LogP contribution in [-0.2, 0) is 0 Å². The van der Waals surface area contributed by atoms with Gasteiger partial charge in [-0.25, -0.2) is 0 Å². The summed E-state index contributed by atoms with van der Waals surface area (Å²) in [6.45, 7) is 22.1. The van der Waals surface area contributed by atoms with Gasteiger partial charge in [-0.3, -0.25) is 0 Å². The monoisotopic (exact) mass is 362 g/mol. The topological polar surface area (TPSA) is 24.1 Å². The van der Waals surface area contributed by atoms with E-state index in [0.717, 1.165) is 23.7 Å². The average Bonchev–Trinajstić information content (AvgIpc) is 2.42. The van der Waals surface area contributed by atoms with E-state index in [4.69, 9.17) is 0 Å². The first kappa shape index (κ1) is 20.6. The molecule has 0 spiro atoms. The van der Waals surface area contributed by atoms with E-state index in [1.807, 2.05) is 0 Å². The molecule has 26 heavy (non-hydrogen) atoms. The van der Waals surface area contributed by atoms with Crippen molar-refractivity contribution >= 4 is 0 Å². The van der Waals surface area contributed by atoms with E-state index in [2.05, 4.69) is 66.0 Å². The molecule has 2 aliphatic heterocycles. The zero-order valence-electron chi connectivity index (χ0n) is 19.0. The Labute approximate surface area is 163 Å². The lowest BCUT2D eigenvalue weighted by molar-refractivity contribution is -0.0363. The lowest BCUT2D eigenvalue weighted by Crippen LogP contribution is -2.59. The predicted molar refractivity (Wildman–Crippen MR) is 113 cm³/mol. The maximum Gasteiger partial charge on any atom is 0.0132 e. The van der Waals surface area contributed by atoms with Crippen molar-refractivity contribution in [3.05, 3.63) is 0 Å². The Morgan fingerprint density at radius 3 is 1.46 bits per heavy atom. The van der Waals surface area contributed by atoms with Crippen LogP contribution in [0.5, 0.6) is 0 Å². The van der Waals surface area contributed by atoms with Gasteiger partial charge in [0.2, 0.25) is 0 Å². The van der Waals surface area contributed by atoms with Crippen molar-refractivity contribution in [1.82, 2.24) is 10.6 Å². The molecule has 0 aromatic heterocycles. The zero-order valence-corrected chi connectivity index (χ0v) is 19.0. The molecule has 0 aromatic rings. The molecule has 0 radical (unpaired) electrons. The Hall–Kier alpha value is -0.0800. The summed E-state index contributed by atoms with van der Waals surface area (Å²) < 4.78 is 0. The molecule has 1 aliphatic carbocycles. The van der Waals surface area contributed by atoms with Crippen molar-refractivity contribution < 1.29 is 0 Å². The summed E-state index contributed by atoms with van der Waals surface area (Å²) >= 11 is 0. The van der Waals surface area contributed by atoms with Crippen molar-refractivity contribution in [2.75, 3.05) is 13.1 Å². The molecule has 2 N–H and O–H groups in total. The largest absolute Gasteiger partial charge is 0.316 e. The summed E-state index contributed by atoms with van der Waals surface area (Å²) in [5.41, 5.74) is 1.45. The third kappa shape index (κ3) is 4.32. The second-order valence-electron chi connectivity index (χ2n) is 12.8. The summed E-state index contributed by atoms with van der Waals surface area (Å²) in [5.74, 6) is 3.66. The number of rotatable bonds is 2. The van der Waals surface area contributed by atoms with Gasteiger partial charge in [0.1, 0.15) is 0 Å². The fourth-order valence-electron chi connectivity index (χ4n) is 7.94. The Kier molecular flexibility index (Phi) is 5.37. The Morgan fingerprint density at radius 2 is 1.00 bits per heavy atom. The first-order chi connectivity index (χ1) is 11.8. The van der Waals surface area contributed by atoms with Gasteiger partial charge in [-0.2, -0.15) is 0 Å². The summed E-state index contributed by atoms with van der Waals surface area (Å²) in [6.07, 6.45) is 8.58. The predicted octanol–water partition coefficient (Wildman–Crippen LogP) is 5.62. The first-order valence-corrected chi connectivity index (χ1v) is 11.3. The van der Waals surface area contributed by atoms with E-state index >= 15 is 0 Å². The van der Waals surface area contributed by atoms with Gasteiger partial charge in [0.05, 0.1) is 0 Å². The average molecular weight is 363 g/mol. The molecule has 0 unspecified atom stereocenters. The van der Waals surface area contributed by atoms with Gasteiger partial charge in [-0.15, -0.1) is 0 Å². The molecule has 2 nitrogen and oxygen atoms in total. The first-order valence-electron chi connectivity index (χ1n) is 11.3. The van der Waals surface area contributed by atoms with E-state index in [9.17, 15) is 0 Å². The lowest BCUT2D eigenvalue weighted by Gasteiger charge is -2.55. The summed E-state index contributed by atoms with van der Waals surface area (Å²) in [6, 6.07) is 0. The summed E-state index contributed by atoms with van der Waals surface area (Å²) in [7, 11) is 0. The minimum atomic E-state index is 0.294. The fourth-order valence-corrected chi connectivity index (χ4v) is 7.94. The van der Waals surface area contributed by atoms with Crippen LogP contribution >= 0.6 is 0 Å². The molecule has 3 fully saturated rings. The molecule has 2 saturated heterocycles. The highest BCUT2D eigenvalue weighted by atomic mass is 15.0. The summed E-state index contributed by atoms with van der Waals surface area (Å²) in [5, 5.41) is 7.58. The molecular weight excluding hydrogens is 316 g/mol. The van der Waals surface area contributed by atoms with Crippen molar-refractivity contribution in [2.24, 2.45) is 34.5 Å². The number of piperidine rings is 2. The van der Waals surface area contributed by atoms with Gasteiger partial charge in [0.15, 0.2) is 0 Å². The highest BCUT2D eigenvalue weighted by Crippen LogP contribution is 2.53. The van der Waals surface area contributed by atoms with Gasteiger partial charge in [-0.1, -0.05) is 27.7 Å². The van der Waals surface area contributed by atoms with Gasteiger partial charge in [-0.05, 0) is 101 Å². The molecule has 0 amide bonds. The van der Waals surface area contributed by atoms with Crippen molar-refractivity contribution in [2.45, 2.75) is 105 Å². The normalized spacial score (nSPS) is 37.4. The van der Waals surface area contributed by atoms with E-state index in [1.165, 1.54) is 51.6 Å². The minimum absolute atomic E-state index is 0.294. The Balaban J connectivity index is 1.65. The molecule has 3 aliphatic rings. The van der Waals surface area contributed by atoms with E-state index in [0.29, 0.717) is 21.9 Å². The molecular formula is C24H46N2. The van der Waals surface area contributed by atoms with Crippen LogP contribution in [-0.4, -0.2) is 24.2 Å². The SMILES string of the molecule is CC1(C)CC(C2CCC(C3C(C)(C)CNCC3(C)C)CC2)CC(C)(C)N1. The van der Waals surface area contributed by atoms with Crippen LogP contribution in [0, 0.1) is 34.5 Å². The quantitative estimate of drug-likeness (QED) is 0.666. The maximum absolute atomic E-state index is 3.88. The summed E-state index contributed by atoms with van der Waals surface area (Å²) in [4.78, 5) is 0. The molecule has 3 rings (SSSR count). The molecule has 0 atom stereocenters. The molecule has 1 saturated carbocycles. The van der Waals surface area contributed by atoms with Crippen LogP contribution in [0.15, 0.2) is 0 Å². The van der Waals surface area contributed by atoms with Crippen LogP contribution in [0.25, 0.3) is 0 Å². The van der Waals surface area contributed by atoms with Crippen LogP contribution in [0.1, 0.15) is 93.9 Å². The van der Waals surface area contributed by atoms with Crippen molar-refractivity contribution in [3.63, 3.8) is 0 Å². The molecule has 0 aromatic carbocycles.